The van der Waals surface area contributed by atoms with E-state index in [9.17, 15) is 0 Å². The van der Waals surface area contributed by atoms with Crippen LogP contribution in [-0.2, 0) is 0 Å². The molecule has 3 nitrogen and oxygen atoms in total. The molecule has 0 fully saturated rings. The topological polar surface area (TPSA) is 78.1 Å². The predicted molar refractivity (Wildman–Crippen MR) is 81.2 cm³/mol. The third-order valence-electron chi connectivity index (χ3n) is 1.98. The molecule has 0 spiro atoms. The van der Waals surface area contributed by atoms with Crippen LogP contribution in [0.4, 0.5) is 17.1 Å². The molecular formula is C12H12Cl3N3. The number of nitrogen functional groups attached to an aromatic ring is 3. The number of nitrogens with two attached hydrogens (primary N) is 3. The molecule has 0 aliphatic carbocycles. The van der Waals surface area contributed by atoms with E-state index in [-0.39, 0.29) is 0 Å². The second-order valence-corrected chi connectivity index (χ2v) is 4.68. The molecule has 2 aromatic carbocycles. The Bertz CT molecular complexity index is 456. The minimum Gasteiger partial charge on any atom is -0.399 e. The fraction of sp³-hybridized carbons (Fsp3) is 0. The smallest absolute Gasteiger partial charge is 0.0651 e. The molecule has 6 N–H and O–H groups in total. The Balaban J connectivity index is 0.000000184. The van der Waals surface area contributed by atoms with Gasteiger partial charge in [0.15, 0.2) is 0 Å². The maximum Gasteiger partial charge on any atom is 0.0651 e. The minimum absolute atomic E-state index is 0.417. The molecule has 0 atom stereocenters. The third-order valence-corrected chi connectivity index (χ3v) is 3.03. The normalized spacial score (nSPS) is 9.50. The molecule has 0 aromatic heterocycles. The van der Waals surface area contributed by atoms with Gasteiger partial charge in [0.05, 0.1) is 20.8 Å². The Morgan fingerprint density at radius 2 is 1.00 bits per heavy atom. The fourth-order valence-corrected chi connectivity index (χ4v) is 1.59. The lowest BCUT2D eigenvalue weighted by atomic mass is 10.3. The summed E-state index contributed by atoms with van der Waals surface area (Å²) in [5.74, 6) is 0. The van der Waals surface area contributed by atoms with E-state index in [0.29, 0.717) is 20.8 Å². The molecule has 0 heterocycles. The van der Waals surface area contributed by atoms with Crippen molar-refractivity contribution < 1.29 is 0 Å². The zero-order valence-corrected chi connectivity index (χ0v) is 11.6. The lowest BCUT2D eigenvalue weighted by molar-refractivity contribution is 1.67. The number of anilines is 3. The van der Waals surface area contributed by atoms with Gasteiger partial charge in [-0.2, -0.15) is 0 Å². The van der Waals surface area contributed by atoms with Crippen LogP contribution in [0, 0.1) is 0 Å². The first-order valence-electron chi connectivity index (χ1n) is 4.91. The predicted octanol–water partition coefficient (Wildman–Crippen LogP) is 4.08. The van der Waals surface area contributed by atoms with Crippen molar-refractivity contribution in [1.82, 2.24) is 0 Å². The summed E-state index contributed by atoms with van der Waals surface area (Å²) >= 11 is 16.8. The monoisotopic (exact) mass is 303 g/mol. The molecule has 0 aliphatic rings. The minimum atomic E-state index is 0.417. The van der Waals surface area contributed by atoms with Crippen LogP contribution in [0.25, 0.3) is 0 Å². The van der Waals surface area contributed by atoms with Gasteiger partial charge in [-0.15, -0.1) is 0 Å². The van der Waals surface area contributed by atoms with Crippen molar-refractivity contribution in [2.45, 2.75) is 0 Å². The molecule has 18 heavy (non-hydrogen) atoms. The molecule has 0 saturated carbocycles. The molecular weight excluding hydrogens is 293 g/mol. The zero-order valence-electron chi connectivity index (χ0n) is 9.33. The van der Waals surface area contributed by atoms with Gasteiger partial charge in [0.2, 0.25) is 0 Å². The Morgan fingerprint density at radius 1 is 0.611 bits per heavy atom. The SMILES string of the molecule is Nc1cc(Cl)c(Cl)cc1Cl.Nc1ccc(N)cc1. The Kier molecular flexibility index (Phi) is 5.41. The molecule has 2 aromatic rings. The number of hydrogen-bond acceptors (Lipinski definition) is 3. The highest BCUT2D eigenvalue weighted by Gasteiger charge is 2.01. The summed E-state index contributed by atoms with van der Waals surface area (Å²) in [5, 5.41) is 1.26. The van der Waals surface area contributed by atoms with E-state index in [1.165, 1.54) is 12.1 Å². The Labute approximate surface area is 120 Å². The summed E-state index contributed by atoms with van der Waals surface area (Å²) in [7, 11) is 0. The van der Waals surface area contributed by atoms with Crippen molar-refractivity contribution in [1.29, 1.82) is 0 Å². The number of halogens is 3. The van der Waals surface area contributed by atoms with E-state index in [0.717, 1.165) is 11.4 Å². The first-order chi connectivity index (χ1) is 8.40. The van der Waals surface area contributed by atoms with Crippen LogP contribution in [0.2, 0.25) is 15.1 Å². The fourth-order valence-electron chi connectivity index (χ4n) is 1.03. The van der Waals surface area contributed by atoms with Gasteiger partial charge in [-0.25, -0.2) is 0 Å². The van der Waals surface area contributed by atoms with Crippen molar-refractivity contribution in [3.8, 4) is 0 Å². The van der Waals surface area contributed by atoms with Crippen LogP contribution >= 0.6 is 34.8 Å². The van der Waals surface area contributed by atoms with E-state index < -0.39 is 0 Å². The van der Waals surface area contributed by atoms with Crippen molar-refractivity contribution in [2.75, 3.05) is 17.2 Å². The van der Waals surface area contributed by atoms with Gasteiger partial charge in [0.1, 0.15) is 0 Å². The van der Waals surface area contributed by atoms with Gasteiger partial charge in [-0.05, 0) is 36.4 Å². The quantitative estimate of drug-likeness (QED) is 0.507. The Morgan fingerprint density at radius 3 is 1.39 bits per heavy atom. The summed E-state index contributed by atoms with van der Waals surface area (Å²) < 4.78 is 0. The maximum absolute atomic E-state index is 5.62. The van der Waals surface area contributed by atoms with Crippen LogP contribution < -0.4 is 17.2 Å². The zero-order chi connectivity index (χ0) is 13.7. The maximum atomic E-state index is 5.62. The third kappa shape index (κ3) is 4.53. The van der Waals surface area contributed by atoms with Crippen molar-refractivity contribution >= 4 is 51.9 Å². The van der Waals surface area contributed by atoms with Gasteiger partial charge in [0, 0.05) is 11.4 Å². The first-order valence-corrected chi connectivity index (χ1v) is 6.04. The molecule has 0 bridgehead atoms. The molecule has 0 amide bonds. The van der Waals surface area contributed by atoms with E-state index in [2.05, 4.69) is 0 Å². The summed E-state index contributed by atoms with van der Waals surface area (Å²) in [4.78, 5) is 0. The summed E-state index contributed by atoms with van der Waals surface area (Å²) in [6.45, 7) is 0. The molecule has 0 radical (unpaired) electrons. The number of benzene rings is 2. The van der Waals surface area contributed by atoms with Crippen LogP contribution in [0.3, 0.4) is 0 Å². The van der Waals surface area contributed by atoms with Crippen molar-refractivity contribution in [3.63, 3.8) is 0 Å². The van der Waals surface area contributed by atoms with Crippen LogP contribution in [0.1, 0.15) is 0 Å². The van der Waals surface area contributed by atoms with Crippen LogP contribution in [0.15, 0.2) is 36.4 Å². The van der Waals surface area contributed by atoms with Crippen molar-refractivity contribution in [3.05, 3.63) is 51.5 Å². The number of rotatable bonds is 0. The van der Waals surface area contributed by atoms with Gasteiger partial charge in [-0.3, -0.25) is 0 Å². The largest absolute Gasteiger partial charge is 0.399 e. The molecule has 0 unspecified atom stereocenters. The van der Waals surface area contributed by atoms with Gasteiger partial charge < -0.3 is 17.2 Å². The summed E-state index contributed by atoms with van der Waals surface area (Å²) in [6, 6.07) is 10.1. The molecule has 6 heteroatoms. The first kappa shape index (κ1) is 14.8. The second kappa shape index (κ2) is 6.59. The van der Waals surface area contributed by atoms with E-state index >= 15 is 0 Å². The van der Waals surface area contributed by atoms with E-state index in [1.54, 1.807) is 24.3 Å². The molecule has 96 valence electrons. The highest BCUT2D eigenvalue weighted by atomic mass is 35.5. The number of hydrogen-bond donors (Lipinski definition) is 3. The van der Waals surface area contributed by atoms with Crippen LogP contribution in [-0.4, -0.2) is 0 Å². The molecule has 0 aliphatic heterocycles. The van der Waals surface area contributed by atoms with Gasteiger partial charge in [-0.1, -0.05) is 34.8 Å². The van der Waals surface area contributed by atoms with E-state index in [4.69, 9.17) is 52.0 Å². The molecule has 2 rings (SSSR count). The highest BCUT2D eigenvalue weighted by molar-refractivity contribution is 6.43. The average Bonchev–Trinajstić information content (AvgIpc) is 2.31. The summed E-state index contributed by atoms with van der Waals surface area (Å²) in [5.41, 5.74) is 18.1. The van der Waals surface area contributed by atoms with Gasteiger partial charge in [0.25, 0.3) is 0 Å². The van der Waals surface area contributed by atoms with Crippen LogP contribution in [0.5, 0.6) is 0 Å². The highest BCUT2D eigenvalue weighted by Crippen LogP contribution is 2.29. The summed E-state index contributed by atoms with van der Waals surface area (Å²) in [6.07, 6.45) is 0. The Hall–Kier alpha value is -1.29. The molecule has 0 saturated heterocycles. The van der Waals surface area contributed by atoms with Crippen molar-refractivity contribution in [2.24, 2.45) is 0 Å². The average molecular weight is 305 g/mol. The second-order valence-electron chi connectivity index (χ2n) is 3.45. The lowest BCUT2D eigenvalue weighted by Crippen LogP contribution is -1.86. The lowest BCUT2D eigenvalue weighted by Gasteiger charge is -1.99. The van der Waals surface area contributed by atoms with Gasteiger partial charge >= 0.3 is 0 Å². The van der Waals surface area contributed by atoms with E-state index in [1.807, 2.05) is 0 Å². The standard InChI is InChI=1S/C6H4Cl3N.C6H8N2/c7-3-1-5(9)6(10)2-4(3)8;7-5-1-2-6(8)4-3-5/h1-2H,10H2;1-4H,7-8H2.